The number of piperazine rings is 1. The van der Waals surface area contributed by atoms with E-state index in [1.165, 1.54) is 34.2 Å². The van der Waals surface area contributed by atoms with Gasteiger partial charge < -0.3 is 40.0 Å². The number of carbonyl (C=O) groups excluding carboxylic acids is 3. The van der Waals surface area contributed by atoms with Gasteiger partial charge in [-0.25, -0.2) is 9.18 Å². The van der Waals surface area contributed by atoms with Crippen LogP contribution < -0.4 is 55.6 Å². The summed E-state index contributed by atoms with van der Waals surface area (Å²) in [5.74, 6) is -3.98. The molecule has 2 atom stereocenters. The van der Waals surface area contributed by atoms with E-state index in [2.05, 4.69) is 10.6 Å². The first-order chi connectivity index (χ1) is 23.5. The molecule has 50 heavy (non-hydrogen) atoms. The van der Waals surface area contributed by atoms with Crippen molar-refractivity contribution in [1.82, 2.24) is 25.0 Å². The molecule has 256 valence electrons. The Labute approximate surface area is 320 Å². The maximum Gasteiger partial charge on any atom is 1.00 e. The van der Waals surface area contributed by atoms with Gasteiger partial charge in [0, 0.05) is 61.0 Å². The normalized spacial score (nSPS) is 20.2. The number of thioether (sulfide) groups is 1. The number of carboxylic acid groups (broad SMARTS) is 2. The molecule has 4 aliphatic rings. The molecule has 18 heteroatoms. The Morgan fingerprint density at radius 2 is 1.86 bits per heavy atom. The number of benzene rings is 1. The summed E-state index contributed by atoms with van der Waals surface area (Å²) in [5.41, 5.74) is -0.0872. The number of thiocarbonyl (C=S) groups is 1. The topological polar surface area (TPSA) is 167 Å². The van der Waals surface area contributed by atoms with Crippen molar-refractivity contribution in [3.63, 3.8) is 0 Å². The van der Waals surface area contributed by atoms with Gasteiger partial charge >= 0.3 is 35.5 Å². The molecule has 2 unspecified atom stereocenters. The SMILES string of the molecule is O=C(Cc1cccs1)NC1C(=O)N2C(C(=O)[O-])=C(CNC(=S)N3CCN(c4cc5c(cc4F)c(=O)c(C(=O)O)cn5C4CC4)CC3)CSC12.[Na+]. The molecule has 7 rings (SSSR count). The number of β-lactam (4-membered cyclic amide) rings is 1. The van der Waals surface area contributed by atoms with Gasteiger partial charge in [0.25, 0.3) is 5.91 Å². The van der Waals surface area contributed by atoms with E-state index in [0.29, 0.717) is 53.8 Å². The van der Waals surface area contributed by atoms with E-state index in [0.717, 1.165) is 23.8 Å². The van der Waals surface area contributed by atoms with E-state index in [-0.39, 0.29) is 71.1 Å². The zero-order valence-electron chi connectivity index (χ0n) is 26.8. The number of nitrogens with one attached hydrogen (secondary N) is 2. The molecule has 3 aromatic rings. The van der Waals surface area contributed by atoms with Crippen LogP contribution in [0.1, 0.15) is 34.1 Å². The van der Waals surface area contributed by atoms with Crippen LogP contribution in [0.3, 0.4) is 0 Å². The molecule has 2 saturated heterocycles. The fourth-order valence-corrected chi connectivity index (χ4v) is 8.76. The quantitative estimate of drug-likeness (QED) is 0.124. The van der Waals surface area contributed by atoms with Crippen LogP contribution in [0.2, 0.25) is 0 Å². The predicted octanol–water partition coefficient (Wildman–Crippen LogP) is -2.12. The first-order valence-electron chi connectivity index (χ1n) is 15.6. The molecule has 2 aromatic heterocycles. The van der Waals surface area contributed by atoms with Crippen molar-refractivity contribution in [2.75, 3.05) is 43.4 Å². The number of rotatable bonds is 9. The predicted molar refractivity (Wildman–Crippen MR) is 183 cm³/mol. The molecule has 1 aromatic carbocycles. The van der Waals surface area contributed by atoms with Crippen LogP contribution in [0, 0.1) is 5.82 Å². The second-order valence-corrected chi connectivity index (χ2v) is 14.7. The third-order valence-electron chi connectivity index (χ3n) is 9.10. The van der Waals surface area contributed by atoms with Gasteiger partial charge in [0.15, 0.2) is 5.11 Å². The number of fused-ring (bicyclic) bond motifs is 2. The minimum atomic E-state index is -1.48. The number of pyridine rings is 1. The smallest absolute Gasteiger partial charge is 0.543 e. The Hall–Kier alpha value is -3.48. The van der Waals surface area contributed by atoms with Gasteiger partial charge in [0.05, 0.1) is 29.3 Å². The number of carbonyl (C=O) groups is 4. The van der Waals surface area contributed by atoms with Crippen LogP contribution in [0.5, 0.6) is 0 Å². The number of aliphatic carboxylic acids is 1. The average molecular weight is 749 g/mol. The number of anilines is 1. The second-order valence-electron chi connectivity index (χ2n) is 12.2. The van der Waals surface area contributed by atoms with E-state index >= 15 is 4.39 Å². The maximum atomic E-state index is 15.4. The molecule has 0 bridgehead atoms. The standard InChI is InChI=1S/C32H31FN6O7S3.Na/c33-21-11-19-22(38(17-3-4-17)14-20(27(19)41)30(43)44)12-23(21)36-5-7-37(8-6-36)32(47)34-13-16-15-49-29-25(28(42)39(29)26(16)31(45)46)35-24(40)10-18-2-1-9-48-18;/h1-2,9,11-12,14,17,25,29H,3-8,10,13,15H2,(H,34,47)(H,35,40)(H,43,44)(H,45,46);/q;+1/p-1. The number of carboxylic acids is 2. The van der Waals surface area contributed by atoms with Gasteiger partial charge in [-0.2, -0.15) is 0 Å². The zero-order valence-corrected chi connectivity index (χ0v) is 31.3. The maximum absolute atomic E-state index is 15.4. The van der Waals surface area contributed by atoms with Gasteiger partial charge in [0.1, 0.15) is 22.8 Å². The summed E-state index contributed by atoms with van der Waals surface area (Å²) in [6, 6.07) is 5.63. The monoisotopic (exact) mass is 748 g/mol. The number of amides is 2. The second kappa shape index (κ2) is 14.6. The number of hydrogen-bond acceptors (Lipinski definition) is 10. The molecule has 0 radical (unpaired) electrons. The van der Waals surface area contributed by atoms with Gasteiger partial charge in [0.2, 0.25) is 11.3 Å². The minimum absolute atomic E-state index is 0. The molecule has 3 aliphatic heterocycles. The van der Waals surface area contributed by atoms with Crippen molar-refractivity contribution in [2.45, 2.75) is 36.7 Å². The van der Waals surface area contributed by atoms with Gasteiger partial charge in [-0.15, -0.1) is 23.1 Å². The van der Waals surface area contributed by atoms with Crippen LogP contribution >= 0.6 is 35.3 Å². The average Bonchev–Trinajstić information content (AvgIpc) is 3.80. The third-order valence-corrected chi connectivity index (χ3v) is 11.7. The van der Waals surface area contributed by atoms with Gasteiger partial charge in [-0.3, -0.25) is 19.3 Å². The summed E-state index contributed by atoms with van der Waals surface area (Å²) < 4.78 is 17.2. The number of aromatic carboxylic acids is 1. The summed E-state index contributed by atoms with van der Waals surface area (Å²) in [5, 5.41) is 29.2. The largest absolute Gasteiger partial charge is 1.00 e. The summed E-state index contributed by atoms with van der Waals surface area (Å²) >= 11 is 8.40. The van der Waals surface area contributed by atoms with Gasteiger partial charge in [-0.1, -0.05) is 6.07 Å². The molecular weight excluding hydrogens is 719 g/mol. The Morgan fingerprint density at radius 1 is 1.12 bits per heavy atom. The Kier molecular flexibility index (Phi) is 10.6. The van der Waals surface area contributed by atoms with Crippen LogP contribution in [-0.2, 0) is 20.8 Å². The number of thiophene rings is 1. The summed E-state index contributed by atoms with van der Waals surface area (Å²) in [6.07, 6.45) is 3.17. The Bertz CT molecular complexity index is 2000. The Morgan fingerprint density at radius 3 is 2.50 bits per heavy atom. The van der Waals surface area contributed by atoms with Crippen molar-refractivity contribution >= 4 is 80.8 Å². The molecule has 13 nitrogen and oxygen atoms in total. The van der Waals surface area contributed by atoms with Crippen molar-refractivity contribution in [3.8, 4) is 0 Å². The van der Waals surface area contributed by atoms with Crippen LogP contribution in [0.25, 0.3) is 10.9 Å². The summed E-state index contributed by atoms with van der Waals surface area (Å²) in [7, 11) is 0. The molecule has 3 N–H and O–H groups in total. The molecule has 1 aliphatic carbocycles. The minimum Gasteiger partial charge on any atom is -0.543 e. The fraction of sp³-hybridized carbons (Fsp3) is 0.375. The van der Waals surface area contributed by atoms with Gasteiger partial charge in [-0.05, 0) is 54.2 Å². The Balaban J connectivity index is 0.00000432. The van der Waals surface area contributed by atoms with Crippen molar-refractivity contribution < 1.29 is 63.3 Å². The number of halogens is 1. The van der Waals surface area contributed by atoms with Crippen molar-refractivity contribution in [1.29, 1.82) is 0 Å². The molecular formula is C32H30FN6NaO7S3. The van der Waals surface area contributed by atoms with Crippen LogP contribution in [0.15, 0.2) is 51.9 Å². The van der Waals surface area contributed by atoms with Crippen LogP contribution in [0.4, 0.5) is 10.1 Å². The number of nitrogens with zero attached hydrogens (tertiary/aromatic N) is 4. The molecule has 0 spiro atoms. The molecule has 5 heterocycles. The zero-order chi connectivity index (χ0) is 34.6. The molecule has 2 amide bonds. The van der Waals surface area contributed by atoms with E-state index in [1.54, 1.807) is 10.6 Å². The summed E-state index contributed by atoms with van der Waals surface area (Å²) in [6.45, 7) is 1.72. The van der Waals surface area contributed by atoms with E-state index in [9.17, 15) is 34.2 Å². The first-order valence-corrected chi connectivity index (χ1v) is 17.9. The van der Waals surface area contributed by atoms with Crippen molar-refractivity contribution in [3.05, 3.63) is 73.6 Å². The number of aromatic nitrogens is 1. The first kappa shape index (κ1) is 36.3. The third kappa shape index (κ3) is 6.90. The summed E-state index contributed by atoms with van der Waals surface area (Å²) in [4.78, 5) is 67.9. The van der Waals surface area contributed by atoms with E-state index in [1.807, 2.05) is 27.3 Å². The van der Waals surface area contributed by atoms with Crippen LogP contribution in [-0.4, -0.2) is 98.2 Å². The fourth-order valence-electron chi connectivity index (χ4n) is 6.46. The number of hydrogen-bond donors (Lipinski definition) is 3. The van der Waals surface area contributed by atoms with E-state index in [4.69, 9.17) is 12.2 Å². The van der Waals surface area contributed by atoms with Crippen molar-refractivity contribution in [2.24, 2.45) is 0 Å². The molecule has 1 saturated carbocycles. The van der Waals surface area contributed by atoms with E-state index < -0.39 is 40.5 Å². The molecule has 3 fully saturated rings.